The van der Waals surface area contributed by atoms with Crippen molar-refractivity contribution in [3.8, 4) is 0 Å². The summed E-state index contributed by atoms with van der Waals surface area (Å²) in [6.07, 6.45) is 8.91. The third kappa shape index (κ3) is 3.89. The number of aromatic nitrogens is 3. The molecule has 6 heteroatoms. The van der Waals surface area contributed by atoms with E-state index in [1.165, 1.54) is 6.33 Å². The van der Waals surface area contributed by atoms with Crippen LogP contribution in [0.5, 0.6) is 0 Å². The Balaban J connectivity index is 1.90. The molecule has 104 valence electrons. The summed E-state index contributed by atoms with van der Waals surface area (Å²) in [5.41, 5.74) is 0. The van der Waals surface area contributed by atoms with E-state index in [9.17, 15) is 4.79 Å². The Morgan fingerprint density at radius 2 is 2.37 bits per heavy atom. The normalized spacial score (nSPS) is 19.7. The van der Waals surface area contributed by atoms with E-state index in [1.807, 2.05) is 30.0 Å². The van der Waals surface area contributed by atoms with Crippen LogP contribution in [0.1, 0.15) is 12.8 Å². The van der Waals surface area contributed by atoms with E-state index in [0.29, 0.717) is 0 Å². The molecule has 0 radical (unpaired) electrons. The highest BCUT2D eigenvalue weighted by Gasteiger charge is 2.27. The van der Waals surface area contributed by atoms with Gasteiger partial charge in [-0.1, -0.05) is 6.08 Å². The molecule has 1 aromatic heterocycles. The van der Waals surface area contributed by atoms with Crippen LogP contribution in [0.15, 0.2) is 24.8 Å². The lowest BCUT2D eigenvalue weighted by atomic mass is 10.2. The summed E-state index contributed by atoms with van der Waals surface area (Å²) < 4.78 is 1.79. The Hall–Kier alpha value is -1.69. The molecule has 1 saturated heterocycles. The molecule has 1 amide bonds. The summed E-state index contributed by atoms with van der Waals surface area (Å²) in [5.74, 6) is 0.101. The smallest absolute Gasteiger partial charge is 0.246 e. The van der Waals surface area contributed by atoms with Crippen LogP contribution in [0, 0.1) is 0 Å². The number of carbonyl (C=O) groups is 1. The minimum absolute atomic E-state index is 0.101. The second-order valence-corrected chi connectivity index (χ2v) is 5.11. The first-order valence-corrected chi connectivity index (χ1v) is 6.61. The second kappa shape index (κ2) is 6.47. The lowest BCUT2D eigenvalue weighted by Crippen LogP contribution is -2.37. The van der Waals surface area contributed by atoms with Gasteiger partial charge < -0.3 is 9.80 Å². The Kier molecular flexibility index (Phi) is 4.68. The van der Waals surface area contributed by atoms with Gasteiger partial charge in [0, 0.05) is 19.2 Å². The van der Waals surface area contributed by atoms with Crippen LogP contribution in [0.4, 0.5) is 0 Å². The molecule has 1 unspecified atom stereocenters. The quantitative estimate of drug-likeness (QED) is 0.721. The molecule has 0 saturated carbocycles. The molecule has 1 fully saturated rings. The molecule has 19 heavy (non-hydrogen) atoms. The fourth-order valence-electron chi connectivity index (χ4n) is 2.32. The highest BCUT2D eigenvalue weighted by atomic mass is 16.2. The number of nitrogens with zero attached hydrogens (tertiary/aromatic N) is 5. The van der Waals surface area contributed by atoms with Crippen molar-refractivity contribution in [2.45, 2.75) is 25.4 Å². The predicted octanol–water partition coefficient (Wildman–Crippen LogP) is 0.387. The number of hydrogen-bond donors (Lipinski definition) is 0. The summed E-state index contributed by atoms with van der Waals surface area (Å²) in [7, 11) is 3.97. The highest BCUT2D eigenvalue weighted by Crippen LogP contribution is 2.18. The first-order chi connectivity index (χ1) is 9.16. The summed E-state index contributed by atoms with van der Waals surface area (Å²) in [6.45, 7) is 2.35. The van der Waals surface area contributed by atoms with Crippen LogP contribution in [0.25, 0.3) is 0 Å². The number of carbonyl (C=O) groups excluding carboxylic acids is 1. The maximum Gasteiger partial charge on any atom is 0.246 e. The van der Waals surface area contributed by atoms with Gasteiger partial charge in [0.25, 0.3) is 0 Å². The van der Waals surface area contributed by atoms with Gasteiger partial charge >= 0.3 is 0 Å². The van der Waals surface area contributed by atoms with Crippen molar-refractivity contribution in [3.63, 3.8) is 0 Å². The fraction of sp³-hybridized carbons (Fsp3) is 0.615. The molecule has 6 nitrogen and oxygen atoms in total. The summed E-state index contributed by atoms with van der Waals surface area (Å²) >= 11 is 0. The van der Waals surface area contributed by atoms with Crippen LogP contribution >= 0.6 is 0 Å². The Morgan fingerprint density at radius 3 is 3.05 bits per heavy atom. The second-order valence-electron chi connectivity index (χ2n) is 5.11. The van der Waals surface area contributed by atoms with Crippen molar-refractivity contribution in [2.24, 2.45) is 0 Å². The minimum atomic E-state index is 0.101. The van der Waals surface area contributed by atoms with E-state index < -0.39 is 0 Å². The Bertz CT molecular complexity index is 426. The van der Waals surface area contributed by atoms with E-state index in [1.54, 1.807) is 17.1 Å². The lowest BCUT2D eigenvalue weighted by Gasteiger charge is -2.23. The summed E-state index contributed by atoms with van der Waals surface area (Å²) in [6, 6.07) is 0.234. The molecule has 0 bridgehead atoms. The fourth-order valence-corrected chi connectivity index (χ4v) is 2.32. The molecular formula is C13H21N5O. The summed E-state index contributed by atoms with van der Waals surface area (Å²) in [5, 5.41) is 4.10. The zero-order valence-electron chi connectivity index (χ0n) is 11.6. The SMILES string of the molecule is CN(C)C/C=C/C(=O)N1CCCC1Cn1cncn1. The van der Waals surface area contributed by atoms with E-state index in [4.69, 9.17) is 0 Å². The largest absolute Gasteiger partial charge is 0.334 e. The van der Waals surface area contributed by atoms with E-state index in [-0.39, 0.29) is 11.9 Å². The summed E-state index contributed by atoms with van der Waals surface area (Å²) in [4.78, 5) is 20.0. The van der Waals surface area contributed by atoms with Crippen molar-refractivity contribution in [2.75, 3.05) is 27.2 Å². The first-order valence-electron chi connectivity index (χ1n) is 6.61. The molecule has 1 aliphatic rings. The van der Waals surface area contributed by atoms with Gasteiger partial charge in [-0.2, -0.15) is 5.10 Å². The van der Waals surface area contributed by atoms with Gasteiger partial charge in [0.2, 0.25) is 5.91 Å². The highest BCUT2D eigenvalue weighted by molar-refractivity contribution is 5.88. The van der Waals surface area contributed by atoms with Gasteiger partial charge in [0.05, 0.1) is 12.6 Å². The monoisotopic (exact) mass is 263 g/mol. The van der Waals surface area contributed by atoms with Crippen LogP contribution in [-0.4, -0.2) is 63.7 Å². The number of likely N-dealkylation sites (N-methyl/N-ethyl adjacent to an activating group) is 1. The van der Waals surface area contributed by atoms with Gasteiger partial charge in [-0.05, 0) is 26.9 Å². The third-order valence-electron chi connectivity index (χ3n) is 3.26. The van der Waals surface area contributed by atoms with Gasteiger partial charge in [0.1, 0.15) is 12.7 Å². The molecule has 1 aliphatic heterocycles. The standard InChI is InChI=1S/C13H21N5O/c1-16(2)7-4-6-13(19)18-8-3-5-12(18)9-17-11-14-10-15-17/h4,6,10-12H,3,5,7-9H2,1-2H3/b6-4+. The van der Waals surface area contributed by atoms with E-state index in [0.717, 1.165) is 32.5 Å². The number of hydrogen-bond acceptors (Lipinski definition) is 4. The molecule has 2 rings (SSSR count). The maximum atomic E-state index is 12.1. The van der Waals surface area contributed by atoms with Gasteiger partial charge in [0.15, 0.2) is 0 Å². The number of amides is 1. The number of rotatable bonds is 5. The molecule has 2 heterocycles. The zero-order valence-corrected chi connectivity index (χ0v) is 11.6. The van der Waals surface area contributed by atoms with E-state index in [2.05, 4.69) is 10.1 Å². The molecule has 1 atom stereocenters. The van der Waals surface area contributed by atoms with Crippen LogP contribution in [0.2, 0.25) is 0 Å². The molecule has 0 aromatic carbocycles. The van der Waals surface area contributed by atoms with Crippen molar-refractivity contribution in [1.82, 2.24) is 24.6 Å². The van der Waals surface area contributed by atoms with Crippen molar-refractivity contribution < 1.29 is 4.79 Å². The van der Waals surface area contributed by atoms with Gasteiger partial charge in [-0.15, -0.1) is 0 Å². The first kappa shape index (κ1) is 13.7. The topological polar surface area (TPSA) is 54.3 Å². The molecule has 1 aromatic rings. The van der Waals surface area contributed by atoms with Crippen molar-refractivity contribution in [3.05, 3.63) is 24.8 Å². The Labute approximate surface area is 113 Å². The average Bonchev–Trinajstić information content (AvgIpc) is 3.00. The zero-order chi connectivity index (χ0) is 13.7. The van der Waals surface area contributed by atoms with Gasteiger partial charge in [-0.25, -0.2) is 4.98 Å². The van der Waals surface area contributed by atoms with Crippen LogP contribution in [-0.2, 0) is 11.3 Å². The Morgan fingerprint density at radius 1 is 1.53 bits per heavy atom. The lowest BCUT2D eigenvalue weighted by molar-refractivity contribution is -0.127. The maximum absolute atomic E-state index is 12.1. The van der Waals surface area contributed by atoms with Crippen molar-refractivity contribution in [1.29, 1.82) is 0 Å². The predicted molar refractivity (Wildman–Crippen MR) is 72.5 cm³/mol. The third-order valence-corrected chi connectivity index (χ3v) is 3.26. The minimum Gasteiger partial charge on any atom is -0.334 e. The van der Waals surface area contributed by atoms with Gasteiger partial charge in [-0.3, -0.25) is 9.48 Å². The molecule has 0 aliphatic carbocycles. The van der Waals surface area contributed by atoms with Crippen LogP contribution < -0.4 is 0 Å². The molecular weight excluding hydrogens is 242 g/mol. The molecule has 0 spiro atoms. The number of likely N-dealkylation sites (tertiary alicyclic amines) is 1. The van der Waals surface area contributed by atoms with Crippen molar-refractivity contribution >= 4 is 5.91 Å². The molecule has 0 N–H and O–H groups in total. The van der Waals surface area contributed by atoms with E-state index >= 15 is 0 Å². The average molecular weight is 263 g/mol. The van der Waals surface area contributed by atoms with Crippen LogP contribution in [0.3, 0.4) is 0 Å².